The van der Waals surface area contributed by atoms with Gasteiger partial charge in [-0.25, -0.2) is 4.21 Å². The molecule has 0 radical (unpaired) electrons. The maximum atomic E-state index is 15.6. The van der Waals surface area contributed by atoms with Crippen molar-refractivity contribution in [2.24, 2.45) is 15.4 Å². The van der Waals surface area contributed by atoms with Crippen LogP contribution in [0.1, 0.15) is 67.2 Å². The molecule has 0 aliphatic heterocycles. The average molecular weight is 548 g/mol. The van der Waals surface area contributed by atoms with E-state index < -0.39 is 23.6 Å². The Hall–Kier alpha value is -2.21. The van der Waals surface area contributed by atoms with Crippen LogP contribution in [0.2, 0.25) is 5.04 Å². The predicted octanol–water partition coefficient (Wildman–Crippen LogP) is 7.04. The fourth-order valence-corrected chi connectivity index (χ4v) is 16.2. The molecule has 3 aromatic carbocycles. The van der Waals surface area contributed by atoms with Gasteiger partial charge in [0, 0.05) is 4.90 Å². The molecule has 3 nitrogen and oxygen atoms in total. The number of aliphatic hydroxyl groups is 1. The molecule has 0 heterocycles. The summed E-state index contributed by atoms with van der Waals surface area (Å²) in [5, 5.41) is 14.4. The lowest BCUT2D eigenvalue weighted by molar-refractivity contribution is -0.0720. The van der Waals surface area contributed by atoms with Crippen molar-refractivity contribution in [1.29, 1.82) is 0 Å². The third-order valence-electron chi connectivity index (χ3n) is 8.36. The van der Waals surface area contributed by atoms with Gasteiger partial charge < -0.3 is 5.11 Å². The Bertz CT molecular complexity index is 1280. The van der Waals surface area contributed by atoms with E-state index in [1.165, 1.54) is 0 Å². The minimum atomic E-state index is -3.02. The summed E-state index contributed by atoms with van der Waals surface area (Å²) < 4.78 is 21.3. The fourth-order valence-electron chi connectivity index (χ4n) is 6.63. The van der Waals surface area contributed by atoms with Crippen LogP contribution in [0, 0.1) is 11.3 Å². The first kappa shape index (κ1) is 28.8. The number of nitrogens with zero attached hydrogens (tertiary/aromatic N) is 1. The highest BCUT2D eigenvalue weighted by Gasteiger charge is 2.52. The van der Waals surface area contributed by atoms with Crippen molar-refractivity contribution in [3.63, 3.8) is 0 Å². The van der Waals surface area contributed by atoms with E-state index in [1.54, 1.807) is 0 Å². The van der Waals surface area contributed by atoms with Crippen LogP contribution in [-0.2, 0) is 9.73 Å². The molecule has 0 bridgehead atoms. The van der Waals surface area contributed by atoms with Crippen molar-refractivity contribution < 1.29 is 9.32 Å². The largest absolute Gasteiger partial charge is 0.389 e. The average Bonchev–Trinajstić information content (AvgIpc) is 2.87. The highest BCUT2D eigenvalue weighted by molar-refractivity contribution is 7.94. The molecule has 1 aliphatic rings. The maximum absolute atomic E-state index is 15.6. The van der Waals surface area contributed by atoms with Crippen molar-refractivity contribution in [3.05, 3.63) is 91.0 Å². The van der Waals surface area contributed by atoms with E-state index in [1.807, 2.05) is 42.5 Å². The molecule has 0 amide bonds. The summed E-state index contributed by atoms with van der Waals surface area (Å²) in [5.74, 6) is 0.221. The first-order chi connectivity index (χ1) is 17.8. The Morgan fingerprint density at radius 3 is 1.74 bits per heavy atom. The van der Waals surface area contributed by atoms with E-state index in [0.29, 0.717) is 6.42 Å². The van der Waals surface area contributed by atoms with Crippen LogP contribution in [0.4, 0.5) is 0 Å². The van der Waals surface area contributed by atoms with Gasteiger partial charge in [0.25, 0.3) is 8.24 Å². The first-order valence-electron chi connectivity index (χ1n) is 14.0. The van der Waals surface area contributed by atoms with Gasteiger partial charge in [0.15, 0.2) is 0 Å². The van der Waals surface area contributed by atoms with Crippen LogP contribution in [0.5, 0.6) is 0 Å². The molecular weight excluding hydrogens is 503 g/mol. The van der Waals surface area contributed by atoms with Crippen molar-refractivity contribution in [2.75, 3.05) is 5.75 Å². The zero-order chi connectivity index (χ0) is 27.7. The monoisotopic (exact) mass is 547 g/mol. The topological polar surface area (TPSA) is 49.7 Å². The highest BCUT2D eigenvalue weighted by atomic mass is 32.2. The van der Waals surface area contributed by atoms with Crippen LogP contribution in [0.25, 0.3) is 0 Å². The quantitative estimate of drug-likeness (QED) is 0.337. The molecule has 38 heavy (non-hydrogen) atoms. The van der Waals surface area contributed by atoms with Crippen LogP contribution >= 0.6 is 0 Å². The summed E-state index contributed by atoms with van der Waals surface area (Å²) in [6, 6.07) is 30.7. The lowest BCUT2D eigenvalue weighted by Gasteiger charge is -2.48. The third-order valence-corrected chi connectivity index (χ3v) is 17.0. The Kier molecular flexibility index (Phi) is 8.14. The van der Waals surface area contributed by atoms with E-state index in [-0.39, 0.29) is 22.1 Å². The first-order valence-corrected chi connectivity index (χ1v) is 17.6. The van der Waals surface area contributed by atoms with Gasteiger partial charge in [-0.2, -0.15) is 0 Å². The summed E-state index contributed by atoms with van der Waals surface area (Å²) in [7, 11) is -6.03. The molecule has 4 rings (SSSR count). The Morgan fingerprint density at radius 2 is 1.29 bits per heavy atom. The highest BCUT2D eigenvalue weighted by Crippen LogP contribution is 2.46. The fraction of sp³-hybridized carbons (Fsp3) is 0.455. The number of hydrogen-bond acceptors (Lipinski definition) is 3. The molecule has 1 aliphatic carbocycles. The molecule has 5 heteroatoms. The molecule has 0 spiro atoms. The maximum Gasteiger partial charge on any atom is 0.260 e. The normalized spacial score (nSPS) is 22.4. The third kappa shape index (κ3) is 5.57. The lowest BCUT2D eigenvalue weighted by Crippen LogP contribution is -2.64. The second-order valence-corrected chi connectivity index (χ2v) is 20.0. The summed E-state index contributed by atoms with van der Waals surface area (Å²) in [4.78, 5) is 0.722. The molecule has 1 N–H and O–H groups in total. The second kappa shape index (κ2) is 10.7. The number of hydrogen-bond donors (Lipinski definition) is 1. The van der Waals surface area contributed by atoms with Gasteiger partial charge in [-0.1, -0.05) is 133 Å². The van der Waals surface area contributed by atoms with Gasteiger partial charge in [0.1, 0.15) is 0 Å². The number of rotatable bonds is 6. The molecule has 204 valence electrons. The molecule has 3 atom stereocenters. The zero-order valence-corrected chi connectivity index (χ0v) is 25.8. The Balaban J connectivity index is 2.07. The van der Waals surface area contributed by atoms with Gasteiger partial charge in [0.05, 0.1) is 21.1 Å². The van der Waals surface area contributed by atoms with E-state index in [2.05, 4.69) is 90.1 Å². The molecule has 3 aromatic rings. The van der Waals surface area contributed by atoms with Crippen LogP contribution < -0.4 is 10.4 Å². The summed E-state index contributed by atoms with van der Waals surface area (Å²) in [5.41, 5.74) is -1.14. The van der Waals surface area contributed by atoms with Crippen LogP contribution in [0.3, 0.4) is 0 Å². The van der Waals surface area contributed by atoms with E-state index >= 15 is 4.21 Å². The summed E-state index contributed by atoms with van der Waals surface area (Å²) in [6.45, 7) is 13.3. The van der Waals surface area contributed by atoms with Gasteiger partial charge in [-0.3, -0.25) is 4.03 Å². The van der Waals surface area contributed by atoms with Gasteiger partial charge >= 0.3 is 0 Å². The predicted molar refractivity (Wildman–Crippen MR) is 164 cm³/mol. The number of benzene rings is 3. The Labute approximate surface area is 232 Å². The van der Waals surface area contributed by atoms with Gasteiger partial charge in [-0.15, -0.1) is 0 Å². The minimum absolute atomic E-state index is 0.0580. The van der Waals surface area contributed by atoms with E-state index in [0.717, 1.165) is 34.5 Å². The molecule has 0 aromatic heterocycles. The van der Waals surface area contributed by atoms with Crippen molar-refractivity contribution in [2.45, 2.75) is 82.8 Å². The zero-order valence-electron chi connectivity index (χ0n) is 24.0. The van der Waals surface area contributed by atoms with Crippen molar-refractivity contribution in [3.8, 4) is 0 Å². The van der Waals surface area contributed by atoms with Crippen molar-refractivity contribution >= 4 is 28.3 Å². The van der Waals surface area contributed by atoms with Gasteiger partial charge in [-0.05, 0) is 51.7 Å². The molecule has 0 saturated heterocycles. The van der Waals surface area contributed by atoms with Gasteiger partial charge in [0.2, 0.25) is 0 Å². The second-order valence-electron chi connectivity index (χ2n) is 13.1. The molecular formula is C33H45NO2SSi. The Morgan fingerprint density at radius 1 is 0.816 bits per heavy atom. The minimum Gasteiger partial charge on any atom is -0.389 e. The molecule has 1 fully saturated rings. The molecule has 1 saturated carbocycles. The smallest absolute Gasteiger partial charge is 0.260 e. The van der Waals surface area contributed by atoms with Crippen LogP contribution in [0.15, 0.2) is 99.9 Å². The molecule has 1 unspecified atom stereocenters. The standard InChI is InChI=1S/C33H45NO2SSi/c1-31(2,3)30-24-16-17-25-33(30,35)26-37(36,27-18-10-7-11-19-27)34-38(32(4,5)6,28-20-12-8-13-21-28)29-22-14-9-15-23-29/h7-15,18-23,30,35H,16-17,24-26H2,1-6H3/t30-,33+,37?/m0/s1. The van der Waals surface area contributed by atoms with Crippen LogP contribution in [-0.4, -0.2) is 28.9 Å². The SMILES string of the molecule is CC(C)(C)[C@@H]1CCCC[C@@]1(O)CS(=O)(=N[Si](c1ccccc1)(c1ccccc1)C(C)(C)C)c1ccccc1. The summed E-state index contributed by atoms with van der Waals surface area (Å²) in [6.07, 6.45) is 3.66. The van der Waals surface area contributed by atoms with E-state index in [4.69, 9.17) is 4.03 Å². The van der Waals surface area contributed by atoms with E-state index in [9.17, 15) is 5.11 Å². The lowest BCUT2D eigenvalue weighted by atomic mass is 9.64. The van der Waals surface area contributed by atoms with Crippen molar-refractivity contribution in [1.82, 2.24) is 0 Å². The summed E-state index contributed by atoms with van der Waals surface area (Å²) >= 11 is 0.